The fourth-order valence-electron chi connectivity index (χ4n) is 2.29. The van der Waals surface area contributed by atoms with Crippen LogP contribution >= 0.6 is 0 Å². The van der Waals surface area contributed by atoms with Crippen LogP contribution in [0.15, 0.2) is 6.20 Å². The number of nitrogens with zero attached hydrogens (tertiary/aromatic N) is 2. The number of aryl methyl sites for hydroxylation is 2. The van der Waals surface area contributed by atoms with Crippen molar-refractivity contribution in [1.82, 2.24) is 9.78 Å². The van der Waals surface area contributed by atoms with Gasteiger partial charge in [-0.3, -0.25) is 14.3 Å². The molecule has 4 heteroatoms. The van der Waals surface area contributed by atoms with E-state index in [1.165, 1.54) is 0 Å². The molecule has 1 saturated carbocycles. The lowest BCUT2D eigenvalue weighted by Gasteiger charge is -2.18. The zero-order valence-electron chi connectivity index (χ0n) is 9.69. The highest BCUT2D eigenvalue weighted by molar-refractivity contribution is 6.11. The molecule has 4 nitrogen and oxygen atoms in total. The molecule has 1 heterocycles. The van der Waals surface area contributed by atoms with E-state index >= 15 is 0 Å². The van der Waals surface area contributed by atoms with Gasteiger partial charge in [0.1, 0.15) is 5.78 Å². The summed E-state index contributed by atoms with van der Waals surface area (Å²) >= 11 is 0. The molecule has 0 spiro atoms. The third kappa shape index (κ3) is 1.92. The van der Waals surface area contributed by atoms with Crippen LogP contribution in [0.5, 0.6) is 0 Å². The Morgan fingerprint density at radius 3 is 2.81 bits per heavy atom. The van der Waals surface area contributed by atoms with E-state index in [0.29, 0.717) is 24.1 Å². The molecule has 0 radical (unpaired) electrons. The zero-order chi connectivity index (χ0) is 11.7. The molecule has 0 aromatic carbocycles. The van der Waals surface area contributed by atoms with E-state index in [2.05, 4.69) is 5.10 Å². The van der Waals surface area contributed by atoms with Crippen LogP contribution in [0.25, 0.3) is 0 Å². The third-order valence-electron chi connectivity index (χ3n) is 3.15. The SMILES string of the molecule is Cc1nn(C)cc1C(=O)C1CCCCC1=O. The first kappa shape index (κ1) is 11.0. The normalized spacial score (nSPS) is 21.1. The van der Waals surface area contributed by atoms with E-state index in [4.69, 9.17) is 0 Å². The summed E-state index contributed by atoms with van der Waals surface area (Å²) in [6.45, 7) is 1.81. The van der Waals surface area contributed by atoms with E-state index in [0.717, 1.165) is 12.8 Å². The van der Waals surface area contributed by atoms with Crippen LogP contribution in [0.3, 0.4) is 0 Å². The van der Waals surface area contributed by atoms with Crippen molar-refractivity contribution < 1.29 is 9.59 Å². The van der Waals surface area contributed by atoms with Crippen molar-refractivity contribution in [2.45, 2.75) is 32.6 Å². The molecule has 0 amide bonds. The first-order valence-electron chi connectivity index (χ1n) is 5.67. The standard InChI is InChI=1S/C12H16N2O2/c1-8-10(7-14(2)13-8)12(16)9-5-3-4-6-11(9)15/h7,9H,3-6H2,1-2H3. The number of hydrogen-bond acceptors (Lipinski definition) is 3. The molecular formula is C12H16N2O2. The van der Waals surface area contributed by atoms with Gasteiger partial charge >= 0.3 is 0 Å². The molecule has 0 aliphatic heterocycles. The molecular weight excluding hydrogens is 204 g/mol. The largest absolute Gasteiger partial charge is 0.299 e. The number of aromatic nitrogens is 2. The Bertz CT molecular complexity index is 434. The van der Waals surface area contributed by atoms with Crippen LogP contribution in [0.2, 0.25) is 0 Å². The predicted octanol–water partition coefficient (Wildman–Crippen LogP) is 1.67. The van der Waals surface area contributed by atoms with Gasteiger partial charge in [-0.25, -0.2) is 0 Å². The van der Waals surface area contributed by atoms with Crippen molar-refractivity contribution in [3.63, 3.8) is 0 Å². The summed E-state index contributed by atoms with van der Waals surface area (Å²) in [6, 6.07) is 0. The summed E-state index contributed by atoms with van der Waals surface area (Å²) in [5.74, 6) is -0.369. The van der Waals surface area contributed by atoms with Crippen molar-refractivity contribution in [3.05, 3.63) is 17.5 Å². The second kappa shape index (κ2) is 4.20. The van der Waals surface area contributed by atoms with Crippen LogP contribution in [0.4, 0.5) is 0 Å². The van der Waals surface area contributed by atoms with Gasteiger partial charge in [-0.2, -0.15) is 5.10 Å². The molecule has 1 fully saturated rings. The van der Waals surface area contributed by atoms with Gasteiger partial charge in [0.15, 0.2) is 5.78 Å². The molecule has 1 aliphatic carbocycles. The van der Waals surface area contributed by atoms with Gasteiger partial charge in [-0.15, -0.1) is 0 Å². The van der Waals surface area contributed by atoms with Crippen molar-refractivity contribution >= 4 is 11.6 Å². The number of rotatable bonds is 2. The Labute approximate surface area is 94.6 Å². The van der Waals surface area contributed by atoms with Crippen LogP contribution in [-0.4, -0.2) is 21.3 Å². The van der Waals surface area contributed by atoms with Crippen molar-refractivity contribution in [3.8, 4) is 0 Å². The zero-order valence-corrected chi connectivity index (χ0v) is 9.69. The van der Waals surface area contributed by atoms with Crippen LogP contribution in [0.1, 0.15) is 41.7 Å². The second-order valence-corrected chi connectivity index (χ2v) is 4.43. The molecule has 1 unspecified atom stereocenters. The lowest BCUT2D eigenvalue weighted by Crippen LogP contribution is -2.27. The van der Waals surface area contributed by atoms with Crippen LogP contribution in [-0.2, 0) is 11.8 Å². The van der Waals surface area contributed by atoms with E-state index in [9.17, 15) is 9.59 Å². The number of carbonyl (C=O) groups excluding carboxylic acids is 2. The van der Waals surface area contributed by atoms with Crippen molar-refractivity contribution in [1.29, 1.82) is 0 Å². The van der Waals surface area contributed by atoms with Crippen LogP contribution in [0, 0.1) is 12.8 Å². The first-order chi connectivity index (χ1) is 7.59. The molecule has 0 saturated heterocycles. The monoisotopic (exact) mass is 220 g/mol. The highest BCUT2D eigenvalue weighted by atomic mass is 16.2. The average molecular weight is 220 g/mol. The van der Waals surface area contributed by atoms with E-state index in [-0.39, 0.29) is 11.6 Å². The molecule has 1 atom stereocenters. The minimum absolute atomic E-state index is 0.0460. The van der Waals surface area contributed by atoms with Crippen LogP contribution < -0.4 is 0 Å². The molecule has 1 aliphatic rings. The Balaban J connectivity index is 2.24. The quantitative estimate of drug-likeness (QED) is 0.562. The maximum atomic E-state index is 12.2. The summed E-state index contributed by atoms with van der Waals surface area (Å²) in [7, 11) is 1.78. The van der Waals surface area contributed by atoms with Gasteiger partial charge in [0.05, 0.1) is 17.2 Å². The fourth-order valence-corrected chi connectivity index (χ4v) is 2.29. The van der Waals surface area contributed by atoms with E-state index in [1.54, 1.807) is 24.9 Å². The van der Waals surface area contributed by atoms with E-state index in [1.807, 2.05) is 0 Å². The minimum Gasteiger partial charge on any atom is -0.299 e. The molecule has 1 aromatic rings. The summed E-state index contributed by atoms with van der Waals surface area (Å²) in [5.41, 5.74) is 1.31. The number of carbonyl (C=O) groups is 2. The Morgan fingerprint density at radius 2 is 2.25 bits per heavy atom. The Kier molecular flexibility index (Phi) is 2.90. The number of Topliss-reactive ketones (excluding diaryl/α,β-unsaturated/α-hetero) is 2. The van der Waals surface area contributed by atoms with Gasteiger partial charge in [0.2, 0.25) is 0 Å². The highest BCUT2D eigenvalue weighted by Crippen LogP contribution is 2.25. The molecule has 0 bridgehead atoms. The lowest BCUT2D eigenvalue weighted by molar-refractivity contribution is -0.122. The maximum Gasteiger partial charge on any atom is 0.176 e. The Hall–Kier alpha value is -1.45. The molecule has 16 heavy (non-hydrogen) atoms. The van der Waals surface area contributed by atoms with E-state index < -0.39 is 5.92 Å². The number of ketones is 2. The van der Waals surface area contributed by atoms with Gasteiger partial charge in [0, 0.05) is 19.7 Å². The fraction of sp³-hybridized carbons (Fsp3) is 0.583. The summed E-state index contributed by atoms with van der Waals surface area (Å²) in [4.78, 5) is 23.8. The predicted molar refractivity (Wildman–Crippen MR) is 59.2 cm³/mol. The number of hydrogen-bond donors (Lipinski definition) is 0. The van der Waals surface area contributed by atoms with Crippen molar-refractivity contribution in [2.75, 3.05) is 0 Å². The van der Waals surface area contributed by atoms with Gasteiger partial charge in [-0.05, 0) is 19.8 Å². The smallest absolute Gasteiger partial charge is 0.176 e. The molecule has 86 valence electrons. The second-order valence-electron chi connectivity index (χ2n) is 4.43. The first-order valence-corrected chi connectivity index (χ1v) is 5.67. The lowest BCUT2D eigenvalue weighted by atomic mass is 9.83. The topological polar surface area (TPSA) is 52.0 Å². The molecule has 0 N–H and O–H groups in total. The minimum atomic E-state index is -0.420. The molecule has 1 aromatic heterocycles. The summed E-state index contributed by atoms with van der Waals surface area (Å²) in [5, 5.41) is 4.14. The summed E-state index contributed by atoms with van der Waals surface area (Å²) < 4.78 is 1.62. The molecule has 2 rings (SSSR count). The average Bonchev–Trinajstić information content (AvgIpc) is 2.58. The van der Waals surface area contributed by atoms with Gasteiger partial charge in [0.25, 0.3) is 0 Å². The van der Waals surface area contributed by atoms with Gasteiger partial charge in [-0.1, -0.05) is 6.42 Å². The van der Waals surface area contributed by atoms with Gasteiger partial charge < -0.3 is 0 Å². The van der Waals surface area contributed by atoms with Crippen molar-refractivity contribution in [2.24, 2.45) is 13.0 Å². The highest BCUT2D eigenvalue weighted by Gasteiger charge is 2.31. The Morgan fingerprint density at radius 1 is 1.50 bits per heavy atom. The summed E-state index contributed by atoms with van der Waals surface area (Å²) in [6.07, 6.45) is 4.86. The third-order valence-corrected chi connectivity index (χ3v) is 3.15. The maximum absolute atomic E-state index is 12.2.